The van der Waals surface area contributed by atoms with Crippen molar-refractivity contribution in [1.29, 1.82) is 0 Å². The Morgan fingerprint density at radius 1 is 0.261 bits per heavy atom. The Balaban J connectivity index is 0.00000182. The molecule has 1 aliphatic rings. The maximum Gasteiger partial charge on any atom is 2.00 e. The van der Waals surface area contributed by atoms with Crippen molar-refractivity contribution in [3.63, 3.8) is 0 Å². The summed E-state index contributed by atoms with van der Waals surface area (Å²) in [4.78, 5) is 0. The number of benzene rings is 2. The standard InChI is InChI=1S/C53H86N2.2C18H37.Ni/c1-6-10-14-18-22-24-28-32-36-48-40-49(37-33-29-25-23-19-15-11-7-2)44-51(43-48)53-45(5)38-52(55(53)54)50-41-46(34-30-26-20-16-12-8-3)39-47(42-50)35-31-27-21-17-13-9-4;2*1-3-5-7-9-11-13-15-17-18-16-14-12-10-8-6-4-2;/h38-44H,6-37H2,1-5H3;2*1,3-18H2,2H3;/q;2*-1;+2. The molecular weight excluding hydrogens is 1160 g/mol. The normalized spacial score (nSPS) is 12.1. The fourth-order valence-electron chi connectivity index (χ4n) is 13.8. The van der Waals surface area contributed by atoms with Crippen molar-refractivity contribution >= 4 is 11.4 Å². The predicted molar refractivity (Wildman–Crippen MR) is 414 cm³/mol. The average Bonchev–Trinajstić information content (AvgIpc) is 1.62. The van der Waals surface area contributed by atoms with Gasteiger partial charge in [0.2, 0.25) is 11.4 Å². The number of allylic oxidation sites excluding steroid dienone is 2. The maximum absolute atomic E-state index is 12.1. The largest absolute Gasteiger partial charge is 2.00 e. The van der Waals surface area contributed by atoms with Gasteiger partial charge in [0, 0.05) is 22.8 Å². The first kappa shape index (κ1) is 90.0. The summed E-state index contributed by atoms with van der Waals surface area (Å²) in [5.41, 5.74) is 23.3. The average molecular weight is 1320 g/mol. The van der Waals surface area contributed by atoms with Crippen LogP contribution in [0.3, 0.4) is 0 Å². The minimum atomic E-state index is 0. The van der Waals surface area contributed by atoms with E-state index in [1.165, 1.54) is 411 Å². The number of unbranched alkanes of at least 4 members (excludes halogenated alkanes) is 54. The summed E-state index contributed by atoms with van der Waals surface area (Å²) in [7, 11) is 0. The zero-order chi connectivity index (χ0) is 66.0. The molecule has 1 heterocycles. The monoisotopic (exact) mass is 1320 g/mol. The molecule has 2 aromatic rings. The molecule has 0 aromatic heterocycles. The van der Waals surface area contributed by atoms with Crippen molar-refractivity contribution in [3.8, 4) is 0 Å². The maximum atomic E-state index is 12.1. The molecular formula is C89H160N2Ni. The van der Waals surface area contributed by atoms with Gasteiger partial charge in [-0.15, -0.1) is 0 Å². The molecule has 536 valence electrons. The van der Waals surface area contributed by atoms with Crippen LogP contribution in [-0.2, 0) is 42.2 Å². The SMILES string of the molecule is CCCCCCCCCCc1cc(CCCCCCCCCC)cc(C2=C(C)C=C(c3cc(CCCCCCCC)cc(CCCCCCCC)c3)[N+]2=[N-])c1.[CH2-]CCCCCCCCCCCCCCCCC.[CH2-]CCCCCCCCCCCCCCCCC.[Ni+2]. The van der Waals surface area contributed by atoms with Crippen LogP contribution in [-0.4, -0.2) is 4.70 Å². The molecule has 0 bridgehead atoms. The van der Waals surface area contributed by atoms with E-state index >= 15 is 0 Å². The molecule has 0 fully saturated rings. The molecule has 2 nitrogen and oxygen atoms in total. The number of nitrogens with zero attached hydrogens (tertiary/aromatic N) is 2. The molecule has 0 saturated heterocycles. The predicted octanol–water partition coefficient (Wildman–Crippen LogP) is 31.8. The van der Waals surface area contributed by atoms with Gasteiger partial charge in [0.25, 0.3) is 0 Å². The van der Waals surface area contributed by atoms with E-state index in [0.717, 1.165) is 49.9 Å². The number of hydrogen-bond donors (Lipinski definition) is 0. The molecule has 3 rings (SSSR count). The van der Waals surface area contributed by atoms with Crippen molar-refractivity contribution in [1.82, 2.24) is 0 Å². The molecule has 2 aromatic carbocycles. The molecule has 0 amide bonds. The van der Waals surface area contributed by atoms with Crippen LogP contribution in [0.5, 0.6) is 0 Å². The molecule has 0 saturated carbocycles. The second-order valence-electron chi connectivity index (χ2n) is 29.0. The van der Waals surface area contributed by atoms with Crippen LogP contribution in [0.2, 0.25) is 0 Å². The minimum absolute atomic E-state index is 0. The molecule has 0 N–H and O–H groups in total. The molecule has 0 aliphatic carbocycles. The van der Waals surface area contributed by atoms with Gasteiger partial charge in [-0.1, -0.05) is 400 Å². The van der Waals surface area contributed by atoms with E-state index in [9.17, 15) is 5.53 Å². The summed E-state index contributed by atoms with van der Waals surface area (Å²) in [5, 5.41) is 0. The van der Waals surface area contributed by atoms with E-state index in [2.05, 4.69) is 105 Å². The zero-order valence-electron chi connectivity index (χ0n) is 63.4. The molecule has 1 aliphatic heterocycles. The van der Waals surface area contributed by atoms with Crippen molar-refractivity contribution in [2.24, 2.45) is 0 Å². The van der Waals surface area contributed by atoms with Gasteiger partial charge in [-0.3, -0.25) is 0 Å². The minimum Gasteiger partial charge on any atom is -0.493 e. The Labute approximate surface area is 589 Å². The zero-order valence-corrected chi connectivity index (χ0v) is 64.4. The van der Waals surface area contributed by atoms with E-state index < -0.39 is 0 Å². The summed E-state index contributed by atoms with van der Waals surface area (Å²) in [6.07, 6.45) is 89.9. The molecule has 3 heteroatoms. The van der Waals surface area contributed by atoms with Crippen molar-refractivity contribution in [2.75, 3.05) is 0 Å². The van der Waals surface area contributed by atoms with Crippen LogP contribution in [0.15, 0.2) is 48.0 Å². The van der Waals surface area contributed by atoms with E-state index in [4.69, 9.17) is 0 Å². The van der Waals surface area contributed by atoms with Crippen LogP contribution in [0.25, 0.3) is 16.9 Å². The van der Waals surface area contributed by atoms with Crippen molar-refractivity contribution in [2.45, 2.75) is 459 Å². The Morgan fingerprint density at radius 3 is 0.652 bits per heavy atom. The Kier molecular flexibility index (Phi) is 68.8. The molecule has 0 atom stereocenters. The van der Waals surface area contributed by atoms with Crippen molar-refractivity contribution in [3.05, 3.63) is 101 Å². The summed E-state index contributed by atoms with van der Waals surface area (Å²) in [5.74, 6) is 0. The van der Waals surface area contributed by atoms with E-state index in [-0.39, 0.29) is 16.5 Å². The number of hydrogen-bond acceptors (Lipinski definition) is 0. The van der Waals surface area contributed by atoms with Gasteiger partial charge < -0.3 is 19.4 Å². The molecule has 92 heavy (non-hydrogen) atoms. The smallest absolute Gasteiger partial charge is 0.493 e. The van der Waals surface area contributed by atoms with E-state index in [1.54, 1.807) is 4.70 Å². The van der Waals surface area contributed by atoms with Gasteiger partial charge in [-0.2, -0.15) is 12.8 Å². The number of aryl methyl sites for hydroxylation is 4. The number of rotatable bonds is 64. The quantitative estimate of drug-likeness (QED) is 0.0273. The van der Waals surface area contributed by atoms with Crippen LogP contribution in [0, 0.1) is 13.8 Å². The third-order valence-corrected chi connectivity index (χ3v) is 19.8. The fraction of sp³-hybridized carbons (Fsp3) is 0.798. The fourth-order valence-corrected chi connectivity index (χ4v) is 13.8. The van der Waals surface area contributed by atoms with Gasteiger partial charge in [-0.05, 0) is 105 Å². The topological polar surface area (TPSA) is 25.3 Å². The summed E-state index contributed by atoms with van der Waals surface area (Å²) >= 11 is 0. The first-order valence-electron chi connectivity index (χ1n) is 41.6. The first-order chi connectivity index (χ1) is 44.8. The summed E-state index contributed by atoms with van der Waals surface area (Å²) < 4.78 is 1.54. The van der Waals surface area contributed by atoms with Crippen LogP contribution in [0.4, 0.5) is 0 Å². The van der Waals surface area contributed by atoms with E-state index in [0.29, 0.717) is 0 Å². The van der Waals surface area contributed by atoms with Gasteiger partial charge >= 0.3 is 16.5 Å². The summed E-state index contributed by atoms with van der Waals surface area (Å²) in [6, 6.07) is 14.5. The van der Waals surface area contributed by atoms with Crippen molar-refractivity contribution < 1.29 is 21.2 Å². The summed E-state index contributed by atoms with van der Waals surface area (Å²) in [6.45, 7) is 23.8. The third kappa shape index (κ3) is 53.1. The van der Waals surface area contributed by atoms with Crippen LogP contribution < -0.4 is 0 Å². The Hall–Kier alpha value is -1.99. The van der Waals surface area contributed by atoms with Gasteiger partial charge in [0.05, 0.1) is 0 Å². The Morgan fingerprint density at radius 2 is 0.446 bits per heavy atom. The van der Waals surface area contributed by atoms with Gasteiger partial charge in [-0.25, -0.2) is 4.70 Å². The molecule has 0 spiro atoms. The van der Waals surface area contributed by atoms with E-state index in [1.807, 2.05) is 0 Å². The van der Waals surface area contributed by atoms with Gasteiger partial charge in [0.1, 0.15) is 0 Å². The molecule has 0 radical (unpaired) electrons. The van der Waals surface area contributed by atoms with Crippen LogP contribution >= 0.6 is 0 Å². The Bertz CT molecular complexity index is 1800. The first-order valence-corrected chi connectivity index (χ1v) is 41.6. The third-order valence-electron chi connectivity index (χ3n) is 19.8. The van der Waals surface area contributed by atoms with Gasteiger partial charge in [0.15, 0.2) is 0 Å². The molecule has 0 unspecified atom stereocenters. The second kappa shape index (κ2) is 70.3. The second-order valence-corrected chi connectivity index (χ2v) is 29.0. The van der Waals surface area contributed by atoms with Crippen LogP contribution in [0.1, 0.15) is 467 Å².